The summed E-state index contributed by atoms with van der Waals surface area (Å²) < 4.78 is 38.4. The molecule has 6 nitrogen and oxygen atoms in total. The summed E-state index contributed by atoms with van der Waals surface area (Å²) in [4.78, 5) is 11.6. The molecule has 0 bridgehead atoms. The molecule has 1 aromatic heterocycles. The number of hydrogen-bond donors (Lipinski definition) is 0. The van der Waals surface area contributed by atoms with E-state index in [0.717, 1.165) is 5.56 Å². The molecule has 0 aliphatic rings. The van der Waals surface area contributed by atoms with Crippen molar-refractivity contribution in [1.82, 2.24) is 4.31 Å². The Morgan fingerprint density at radius 2 is 1.72 bits per heavy atom. The van der Waals surface area contributed by atoms with Crippen molar-refractivity contribution in [3.05, 3.63) is 96.0 Å². The van der Waals surface area contributed by atoms with E-state index in [1.165, 1.54) is 35.9 Å². The fourth-order valence-electron chi connectivity index (χ4n) is 2.81. The van der Waals surface area contributed by atoms with E-state index in [0.29, 0.717) is 11.3 Å². The first-order chi connectivity index (χ1) is 14.0. The molecule has 7 heteroatoms. The topological polar surface area (TPSA) is 76.8 Å². The lowest BCUT2D eigenvalue weighted by molar-refractivity contribution is -0.134. The molecule has 29 heavy (non-hydrogen) atoms. The van der Waals surface area contributed by atoms with Gasteiger partial charge in [-0.1, -0.05) is 48.5 Å². The van der Waals surface area contributed by atoms with Gasteiger partial charge in [-0.25, -0.2) is 13.2 Å². The van der Waals surface area contributed by atoms with Crippen LogP contribution in [0.5, 0.6) is 0 Å². The molecule has 0 unspecified atom stereocenters. The Morgan fingerprint density at radius 3 is 2.41 bits per heavy atom. The fraction of sp³-hybridized carbons (Fsp3) is 0.136. The van der Waals surface area contributed by atoms with Gasteiger partial charge in [-0.05, 0) is 35.4 Å². The second-order valence-electron chi connectivity index (χ2n) is 6.23. The van der Waals surface area contributed by atoms with E-state index in [1.54, 1.807) is 30.3 Å². The zero-order valence-corrected chi connectivity index (χ0v) is 16.7. The zero-order valence-electron chi connectivity index (χ0n) is 15.9. The molecule has 0 spiro atoms. The minimum Gasteiger partial charge on any atom is -0.468 e. The number of furan rings is 1. The Bertz CT molecular complexity index is 1070. The van der Waals surface area contributed by atoms with E-state index in [2.05, 4.69) is 4.74 Å². The van der Waals surface area contributed by atoms with Crippen LogP contribution in [0.2, 0.25) is 0 Å². The summed E-state index contributed by atoms with van der Waals surface area (Å²) in [5.41, 5.74) is 1.25. The molecule has 1 heterocycles. The second kappa shape index (κ2) is 9.36. The van der Waals surface area contributed by atoms with Crippen LogP contribution in [0, 0.1) is 0 Å². The number of rotatable bonds is 8. The van der Waals surface area contributed by atoms with Crippen LogP contribution in [0.3, 0.4) is 0 Å². The van der Waals surface area contributed by atoms with Gasteiger partial charge < -0.3 is 9.15 Å². The summed E-state index contributed by atoms with van der Waals surface area (Å²) in [7, 11) is -2.63. The molecule has 0 saturated carbocycles. The molecular formula is C22H21NO5S. The van der Waals surface area contributed by atoms with E-state index in [-0.39, 0.29) is 18.0 Å². The van der Waals surface area contributed by atoms with Gasteiger partial charge in [-0.3, -0.25) is 0 Å². The van der Waals surface area contributed by atoms with Crippen LogP contribution in [-0.4, -0.2) is 25.8 Å². The number of ether oxygens (including phenoxy) is 1. The van der Waals surface area contributed by atoms with Crippen molar-refractivity contribution in [1.29, 1.82) is 0 Å². The average molecular weight is 411 g/mol. The number of esters is 1. The molecule has 0 aliphatic heterocycles. The lowest BCUT2D eigenvalue weighted by Gasteiger charge is -2.22. The lowest BCUT2D eigenvalue weighted by Crippen LogP contribution is -2.30. The van der Waals surface area contributed by atoms with Gasteiger partial charge >= 0.3 is 5.97 Å². The molecule has 0 N–H and O–H groups in total. The van der Waals surface area contributed by atoms with Crippen molar-refractivity contribution in [2.24, 2.45) is 0 Å². The Morgan fingerprint density at radius 1 is 1.00 bits per heavy atom. The van der Waals surface area contributed by atoms with Crippen molar-refractivity contribution < 1.29 is 22.4 Å². The van der Waals surface area contributed by atoms with Gasteiger partial charge in [-0.15, -0.1) is 0 Å². The average Bonchev–Trinajstić information content (AvgIpc) is 3.25. The van der Waals surface area contributed by atoms with Crippen LogP contribution >= 0.6 is 0 Å². The largest absolute Gasteiger partial charge is 0.468 e. The van der Waals surface area contributed by atoms with Crippen molar-refractivity contribution in [3.63, 3.8) is 0 Å². The monoisotopic (exact) mass is 411 g/mol. The maximum absolute atomic E-state index is 13.5. The molecule has 0 atom stereocenters. The normalized spacial score (nSPS) is 11.8. The third-order valence-electron chi connectivity index (χ3n) is 4.25. The van der Waals surface area contributed by atoms with Gasteiger partial charge in [0.05, 0.1) is 24.8 Å². The molecule has 3 aromatic rings. The predicted octanol–water partition coefficient (Wildman–Crippen LogP) is 3.86. The molecule has 0 saturated heterocycles. The van der Waals surface area contributed by atoms with Crippen LogP contribution in [0.15, 0.2) is 88.4 Å². The molecule has 0 amide bonds. The molecular weight excluding hydrogens is 390 g/mol. The summed E-state index contributed by atoms with van der Waals surface area (Å²) in [6.45, 7) is 0.262. The quantitative estimate of drug-likeness (QED) is 0.416. The Hall–Kier alpha value is -3.16. The number of benzene rings is 2. The van der Waals surface area contributed by atoms with Gasteiger partial charge in [0, 0.05) is 12.6 Å². The standard InChI is InChI=1S/C22H21NO5S/c1-27-22(24)14-13-19-10-5-6-12-21(19)29(25,26)23(17-20-11-7-15-28-20)16-18-8-3-2-4-9-18/h2-15H,16-17H2,1H3/b14-13+. The van der Waals surface area contributed by atoms with E-state index < -0.39 is 16.0 Å². The highest BCUT2D eigenvalue weighted by molar-refractivity contribution is 7.89. The number of methoxy groups -OCH3 is 1. The summed E-state index contributed by atoms with van der Waals surface area (Å²) in [6.07, 6.45) is 4.14. The van der Waals surface area contributed by atoms with Crippen molar-refractivity contribution >= 4 is 22.1 Å². The first-order valence-corrected chi connectivity index (χ1v) is 10.4. The lowest BCUT2D eigenvalue weighted by atomic mass is 10.2. The van der Waals surface area contributed by atoms with Gasteiger partial charge in [0.1, 0.15) is 5.76 Å². The van der Waals surface area contributed by atoms with Crippen LogP contribution in [0.25, 0.3) is 6.08 Å². The van der Waals surface area contributed by atoms with E-state index in [4.69, 9.17) is 4.42 Å². The van der Waals surface area contributed by atoms with Gasteiger partial charge in [0.25, 0.3) is 0 Å². The highest BCUT2D eigenvalue weighted by Crippen LogP contribution is 2.25. The van der Waals surface area contributed by atoms with E-state index >= 15 is 0 Å². The van der Waals surface area contributed by atoms with Gasteiger partial charge in [-0.2, -0.15) is 4.31 Å². The van der Waals surface area contributed by atoms with Gasteiger partial charge in [0.15, 0.2) is 0 Å². The molecule has 2 aromatic carbocycles. The Kier molecular flexibility index (Phi) is 6.64. The number of sulfonamides is 1. The molecule has 150 valence electrons. The summed E-state index contributed by atoms with van der Waals surface area (Å²) in [5, 5.41) is 0. The molecule has 0 aliphatic carbocycles. The maximum atomic E-state index is 13.5. The number of hydrogen-bond acceptors (Lipinski definition) is 5. The van der Waals surface area contributed by atoms with Crippen molar-refractivity contribution in [2.45, 2.75) is 18.0 Å². The fourth-order valence-corrected chi connectivity index (χ4v) is 4.39. The predicted molar refractivity (Wildman–Crippen MR) is 109 cm³/mol. The minimum atomic E-state index is -3.89. The van der Waals surface area contributed by atoms with Crippen molar-refractivity contribution in [3.8, 4) is 0 Å². The Labute approximate surface area is 170 Å². The van der Waals surface area contributed by atoms with Gasteiger partial charge in [0.2, 0.25) is 10.0 Å². The van der Waals surface area contributed by atoms with E-state index in [1.807, 2.05) is 30.3 Å². The summed E-state index contributed by atoms with van der Waals surface area (Å²) in [5.74, 6) is -0.0268. The molecule has 0 fully saturated rings. The molecule has 0 radical (unpaired) electrons. The maximum Gasteiger partial charge on any atom is 0.330 e. The number of carbonyl (C=O) groups is 1. The third-order valence-corrected chi connectivity index (χ3v) is 6.12. The first kappa shape index (κ1) is 20.6. The minimum absolute atomic E-state index is 0.0826. The first-order valence-electron chi connectivity index (χ1n) is 8.92. The summed E-state index contributed by atoms with van der Waals surface area (Å²) >= 11 is 0. The highest BCUT2D eigenvalue weighted by Gasteiger charge is 2.27. The van der Waals surface area contributed by atoms with Crippen LogP contribution in [0.4, 0.5) is 0 Å². The summed E-state index contributed by atoms with van der Waals surface area (Å²) in [6, 6.07) is 19.3. The zero-order chi connectivity index (χ0) is 20.7. The highest BCUT2D eigenvalue weighted by atomic mass is 32.2. The Balaban J connectivity index is 2.00. The number of carbonyl (C=O) groups excluding carboxylic acids is 1. The van der Waals surface area contributed by atoms with E-state index in [9.17, 15) is 13.2 Å². The van der Waals surface area contributed by atoms with Crippen LogP contribution < -0.4 is 0 Å². The number of nitrogens with zero attached hydrogens (tertiary/aromatic N) is 1. The third kappa shape index (κ3) is 5.22. The second-order valence-corrected chi connectivity index (χ2v) is 8.14. The molecule has 3 rings (SSSR count). The smallest absolute Gasteiger partial charge is 0.330 e. The SMILES string of the molecule is COC(=O)/C=C/c1ccccc1S(=O)(=O)N(Cc1ccccc1)Cc1ccco1. The van der Waals surface area contributed by atoms with Crippen LogP contribution in [0.1, 0.15) is 16.9 Å². The van der Waals surface area contributed by atoms with Crippen molar-refractivity contribution in [2.75, 3.05) is 7.11 Å². The van der Waals surface area contributed by atoms with Crippen LogP contribution in [-0.2, 0) is 32.6 Å².